The van der Waals surface area contributed by atoms with E-state index in [0.717, 1.165) is 12.8 Å². The van der Waals surface area contributed by atoms with E-state index >= 15 is 0 Å². The van der Waals surface area contributed by atoms with Crippen molar-refractivity contribution >= 4 is 12.0 Å². The van der Waals surface area contributed by atoms with Crippen molar-refractivity contribution in [3.05, 3.63) is 41.7 Å². The van der Waals surface area contributed by atoms with Crippen LogP contribution in [0.4, 0.5) is 4.39 Å². The predicted molar refractivity (Wildman–Crippen MR) is 79.7 cm³/mol. The fraction of sp³-hybridized carbons (Fsp3) is 0.471. The third-order valence-electron chi connectivity index (χ3n) is 3.84. The second-order valence-electron chi connectivity index (χ2n) is 5.63. The Labute approximate surface area is 120 Å². The van der Waals surface area contributed by atoms with Gasteiger partial charge in [-0.25, -0.2) is 4.39 Å². The van der Waals surface area contributed by atoms with E-state index < -0.39 is 0 Å². The smallest absolute Gasteiger partial charge is 0.247 e. The van der Waals surface area contributed by atoms with Crippen LogP contribution in [0.2, 0.25) is 0 Å². The zero-order valence-electron chi connectivity index (χ0n) is 12.2. The molecule has 0 heterocycles. The molecular formula is C17H22FNO. The molecule has 0 radical (unpaired) electrons. The second kappa shape index (κ2) is 6.69. The molecule has 0 bridgehead atoms. The van der Waals surface area contributed by atoms with E-state index in [1.165, 1.54) is 25.0 Å². The number of nitrogens with zero attached hydrogens (tertiary/aromatic N) is 1. The molecule has 1 aliphatic carbocycles. The summed E-state index contributed by atoms with van der Waals surface area (Å²) >= 11 is 0. The Hall–Kier alpha value is -1.64. The van der Waals surface area contributed by atoms with E-state index in [0.29, 0.717) is 11.6 Å². The van der Waals surface area contributed by atoms with Crippen molar-refractivity contribution < 1.29 is 9.18 Å². The van der Waals surface area contributed by atoms with Gasteiger partial charge >= 0.3 is 0 Å². The first-order valence-corrected chi connectivity index (χ1v) is 7.34. The van der Waals surface area contributed by atoms with Gasteiger partial charge in [-0.3, -0.25) is 4.79 Å². The SMILES string of the molecule is CC(C)N(C(=O)/C=C/c1ccccc1F)C1CCCC1. The Kier molecular flexibility index (Phi) is 4.94. The first-order chi connectivity index (χ1) is 9.59. The summed E-state index contributed by atoms with van der Waals surface area (Å²) in [6.45, 7) is 4.07. The van der Waals surface area contributed by atoms with Gasteiger partial charge in [0.15, 0.2) is 0 Å². The predicted octanol–water partition coefficient (Wildman–Crippen LogP) is 4.02. The van der Waals surface area contributed by atoms with E-state index in [2.05, 4.69) is 0 Å². The normalized spacial score (nSPS) is 16.2. The van der Waals surface area contributed by atoms with Gasteiger partial charge in [-0.05, 0) is 38.8 Å². The third-order valence-corrected chi connectivity index (χ3v) is 3.84. The van der Waals surface area contributed by atoms with Crippen molar-refractivity contribution in [2.45, 2.75) is 51.6 Å². The second-order valence-corrected chi connectivity index (χ2v) is 5.63. The zero-order chi connectivity index (χ0) is 14.5. The first-order valence-electron chi connectivity index (χ1n) is 7.34. The molecular weight excluding hydrogens is 253 g/mol. The Bertz CT molecular complexity index is 490. The van der Waals surface area contributed by atoms with Gasteiger partial charge in [-0.2, -0.15) is 0 Å². The lowest BCUT2D eigenvalue weighted by Gasteiger charge is -2.31. The summed E-state index contributed by atoms with van der Waals surface area (Å²) in [6, 6.07) is 7.01. The summed E-state index contributed by atoms with van der Waals surface area (Å²) in [6.07, 6.45) is 7.62. The maximum Gasteiger partial charge on any atom is 0.247 e. The van der Waals surface area contributed by atoms with Crippen LogP contribution in [0.15, 0.2) is 30.3 Å². The molecule has 0 aromatic heterocycles. The monoisotopic (exact) mass is 275 g/mol. The first kappa shape index (κ1) is 14.8. The molecule has 0 atom stereocenters. The average molecular weight is 275 g/mol. The van der Waals surface area contributed by atoms with Crippen molar-refractivity contribution in [2.75, 3.05) is 0 Å². The maximum absolute atomic E-state index is 13.5. The molecule has 1 saturated carbocycles. The molecule has 0 aliphatic heterocycles. The van der Waals surface area contributed by atoms with Gasteiger partial charge in [0.2, 0.25) is 5.91 Å². The number of hydrogen-bond donors (Lipinski definition) is 0. The van der Waals surface area contributed by atoms with Crippen molar-refractivity contribution in [3.63, 3.8) is 0 Å². The van der Waals surface area contributed by atoms with Gasteiger partial charge < -0.3 is 4.90 Å². The third kappa shape index (κ3) is 3.47. The molecule has 0 unspecified atom stereocenters. The fourth-order valence-electron chi connectivity index (χ4n) is 2.90. The highest BCUT2D eigenvalue weighted by atomic mass is 19.1. The van der Waals surface area contributed by atoms with Crippen LogP contribution >= 0.6 is 0 Å². The molecule has 0 spiro atoms. The van der Waals surface area contributed by atoms with Gasteiger partial charge in [0.05, 0.1) is 0 Å². The van der Waals surface area contributed by atoms with Crippen LogP contribution in [-0.4, -0.2) is 22.9 Å². The van der Waals surface area contributed by atoms with Crippen LogP contribution in [0, 0.1) is 5.82 Å². The molecule has 108 valence electrons. The molecule has 20 heavy (non-hydrogen) atoms. The van der Waals surface area contributed by atoms with Crippen LogP contribution in [0.3, 0.4) is 0 Å². The summed E-state index contributed by atoms with van der Waals surface area (Å²) in [5.74, 6) is -0.316. The number of hydrogen-bond acceptors (Lipinski definition) is 1. The quantitative estimate of drug-likeness (QED) is 0.760. The minimum Gasteiger partial charge on any atom is -0.334 e. The maximum atomic E-state index is 13.5. The van der Waals surface area contributed by atoms with Gasteiger partial charge in [0.25, 0.3) is 0 Å². The lowest BCUT2D eigenvalue weighted by Crippen LogP contribution is -2.42. The molecule has 0 N–H and O–H groups in total. The van der Waals surface area contributed by atoms with Gasteiger partial charge in [-0.15, -0.1) is 0 Å². The summed E-state index contributed by atoms with van der Waals surface area (Å²) < 4.78 is 13.5. The number of rotatable bonds is 4. The van der Waals surface area contributed by atoms with Crippen LogP contribution in [0.25, 0.3) is 6.08 Å². The Morgan fingerprint density at radius 3 is 2.55 bits per heavy atom. The highest BCUT2D eigenvalue weighted by Gasteiger charge is 2.27. The lowest BCUT2D eigenvalue weighted by molar-refractivity contribution is -0.130. The Balaban J connectivity index is 2.10. The average Bonchev–Trinajstić information content (AvgIpc) is 2.91. The van der Waals surface area contributed by atoms with Crippen molar-refractivity contribution in [1.29, 1.82) is 0 Å². The van der Waals surface area contributed by atoms with Crippen LogP contribution in [0.5, 0.6) is 0 Å². The van der Waals surface area contributed by atoms with E-state index in [1.54, 1.807) is 24.3 Å². The van der Waals surface area contributed by atoms with Gasteiger partial charge in [0, 0.05) is 23.7 Å². The summed E-state index contributed by atoms with van der Waals surface area (Å²) in [5, 5.41) is 0. The number of amides is 1. The van der Waals surface area contributed by atoms with E-state index in [4.69, 9.17) is 0 Å². The van der Waals surface area contributed by atoms with E-state index in [9.17, 15) is 9.18 Å². The molecule has 1 aromatic carbocycles. The fourth-order valence-corrected chi connectivity index (χ4v) is 2.90. The standard InChI is InChI=1S/C17H22FNO/c1-13(2)19(15-8-4-5-9-15)17(20)12-11-14-7-3-6-10-16(14)18/h3,6-7,10-13,15H,4-5,8-9H2,1-2H3/b12-11+. The number of carbonyl (C=O) groups is 1. The highest BCUT2D eigenvalue weighted by Crippen LogP contribution is 2.25. The zero-order valence-corrected chi connectivity index (χ0v) is 12.2. The molecule has 1 aromatic rings. The van der Waals surface area contributed by atoms with E-state index in [1.807, 2.05) is 18.7 Å². The van der Waals surface area contributed by atoms with E-state index in [-0.39, 0.29) is 17.8 Å². The molecule has 1 amide bonds. The van der Waals surface area contributed by atoms with Crippen LogP contribution in [-0.2, 0) is 4.79 Å². The van der Waals surface area contributed by atoms with Crippen LogP contribution < -0.4 is 0 Å². The van der Waals surface area contributed by atoms with Crippen molar-refractivity contribution in [3.8, 4) is 0 Å². The minimum absolute atomic E-state index is 0.0184. The largest absolute Gasteiger partial charge is 0.334 e. The number of halogens is 1. The van der Waals surface area contributed by atoms with Crippen molar-refractivity contribution in [1.82, 2.24) is 4.90 Å². The summed E-state index contributed by atoms with van der Waals surface area (Å²) in [7, 11) is 0. The van der Waals surface area contributed by atoms with Crippen molar-refractivity contribution in [2.24, 2.45) is 0 Å². The summed E-state index contributed by atoms with van der Waals surface area (Å²) in [4.78, 5) is 14.3. The minimum atomic E-state index is -0.298. The Morgan fingerprint density at radius 2 is 1.95 bits per heavy atom. The highest BCUT2D eigenvalue weighted by molar-refractivity contribution is 5.92. The lowest BCUT2D eigenvalue weighted by atomic mass is 10.1. The number of benzene rings is 1. The Morgan fingerprint density at radius 1 is 1.30 bits per heavy atom. The molecule has 1 fully saturated rings. The summed E-state index contributed by atoms with van der Waals surface area (Å²) in [5.41, 5.74) is 0.455. The molecule has 2 rings (SSSR count). The molecule has 1 aliphatic rings. The molecule has 3 heteroatoms. The van der Waals surface area contributed by atoms with Gasteiger partial charge in [-0.1, -0.05) is 31.0 Å². The van der Waals surface area contributed by atoms with Crippen LogP contribution in [0.1, 0.15) is 45.1 Å². The number of carbonyl (C=O) groups excluding carboxylic acids is 1. The molecule has 0 saturated heterocycles. The van der Waals surface area contributed by atoms with Gasteiger partial charge in [0.1, 0.15) is 5.82 Å². The molecule has 2 nitrogen and oxygen atoms in total. The topological polar surface area (TPSA) is 20.3 Å².